The van der Waals surface area contributed by atoms with Gasteiger partial charge in [-0.15, -0.1) is 0 Å². The molecule has 0 bridgehead atoms. The van der Waals surface area contributed by atoms with Crippen molar-refractivity contribution in [2.24, 2.45) is 0 Å². The molecule has 0 fully saturated rings. The number of benzene rings is 1. The Balaban J connectivity index is 1.71. The van der Waals surface area contributed by atoms with E-state index in [2.05, 4.69) is 5.32 Å². The highest BCUT2D eigenvalue weighted by molar-refractivity contribution is 6.06. The molecule has 2 rings (SSSR count). The number of rotatable bonds is 7. The van der Waals surface area contributed by atoms with Crippen LogP contribution < -0.4 is 14.8 Å². The van der Waals surface area contributed by atoms with Crippen LogP contribution in [0.25, 0.3) is 0 Å². The fraction of sp³-hybridized carbons (Fsp3) is 0.375. The van der Waals surface area contributed by atoms with Crippen LogP contribution in [0.4, 0.5) is 0 Å². The van der Waals surface area contributed by atoms with Gasteiger partial charge in [0.25, 0.3) is 11.8 Å². The molecule has 1 heterocycles. The average molecular weight is 320 g/mol. The normalized spacial score (nSPS) is 14.2. The smallest absolute Gasteiger partial charge is 0.289 e. The van der Waals surface area contributed by atoms with Gasteiger partial charge in [0.2, 0.25) is 0 Å². The van der Waals surface area contributed by atoms with Gasteiger partial charge in [0.1, 0.15) is 11.5 Å². The van der Waals surface area contributed by atoms with Gasteiger partial charge in [-0.05, 0) is 18.6 Å². The Hall–Kier alpha value is -2.70. The van der Waals surface area contributed by atoms with E-state index in [0.29, 0.717) is 31.1 Å². The molecule has 0 saturated carbocycles. The lowest BCUT2D eigenvalue weighted by molar-refractivity contribution is -0.126. The van der Waals surface area contributed by atoms with E-state index in [1.54, 1.807) is 13.2 Å². The van der Waals surface area contributed by atoms with Gasteiger partial charge in [-0.2, -0.15) is 0 Å². The van der Waals surface area contributed by atoms with Crippen molar-refractivity contribution in [2.45, 2.75) is 6.42 Å². The van der Waals surface area contributed by atoms with Crippen LogP contribution in [0.15, 0.2) is 35.6 Å². The Morgan fingerprint density at radius 2 is 2.13 bits per heavy atom. The molecule has 23 heavy (non-hydrogen) atoms. The van der Waals surface area contributed by atoms with Crippen molar-refractivity contribution in [3.05, 3.63) is 35.6 Å². The summed E-state index contributed by atoms with van der Waals surface area (Å²) >= 11 is 0. The van der Waals surface area contributed by atoms with E-state index in [9.17, 15) is 14.7 Å². The highest BCUT2D eigenvalue weighted by atomic mass is 16.5. The Labute approximate surface area is 134 Å². The fourth-order valence-electron chi connectivity index (χ4n) is 2.13. The number of aliphatic hydroxyl groups is 1. The summed E-state index contributed by atoms with van der Waals surface area (Å²) in [5.74, 6) is -0.0250. The van der Waals surface area contributed by atoms with Crippen LogP contribution in [-0.2, 0) is 9.59 Å². The summed E-state index contributed by atoms with van der Waals surface area (Å²) < 4.78 is 10.7. The number of likely N-dealkylation sites (N-methyl/N-ethyl adjacent to an activating group) is 1. The predicted octanol–water partition coefficient (Wildman–Crippen LogP) is 0.864. The molecule has 1 aliphatic heterocycles. The summed E-state index contributed by atoms with van der Waals surface area (Å²) in [6, 6.07) is 7.26. The molecule has 0 aliphatic carbocycles. The van der Waals surface area contributed by atoms with Crippen molar-refractivity contribution in [2.75, 3.05) is 33.9 Å². The van der Waals surface area contributed by atoms with Crippen molar-refractivity contribution >= 4 is 11.8 Å². The van der Waals surface area contributed by atoms with Gasteiger partial charge in [-0.3, -0.25) is 9.59 Å². The molecule has 0 saturated heterocycles. The number of hydrogen-bond donors (Lipinski definition) is 2. The molecule has 0 spiro atoms. The predicted molar refractivity (Wildman–Crippen MR) is 83.4 cm³/mol. The van der Waals surface area contributed by atoms with Crippen molar-refractivity contribution in [3.63, 3.8) is 0 Å². The zero-order valence-corrected chi connectivity index (χ0v) is 13.2. The molecule has 0 aromatic heterocycles. The number of methoxy groups -OCH3 is 1. The van der Waals surface area contributed by atoms with Crippen molar-refractivity contribution in [1.29, 1.82) is 0 Å². The molecule has 0 atom stereocenters. The van der Waals surface area contributed by atoms with Gasteiger partial charge in [-0.1, -0.05) is 6.07 Å². The summed E-state index contributed by atoms with van der Waals surface area (Å²) in [6.07, 6.45) is 0.598. The summed E-state index contributed by atoms with van der Waals surface area (Å²) in [5, 5.41) is 12.3. The maximum atomic E-state index is 11.9. The van der Waals surface area contributed by atoms with E-state index in [4.69, 9.17) is 9.47 Å². The SMILES string of the molecule is COc1cccc(OCCCNC(=O)C2=C(O)C(=O)N(C)C2)c1. The fourth-order valence-corrected chi connectivity index (χ4v) is 2.13. The van der Waals surface area contributed by atoms with Crippen LogP contribution in [0.2, 0.25) is 0 Å². The standard InChI is InChI=1S/C16H20N2O5/c1-18-10-13(14(19)16(18)21)15(20)17-7-4-8-23-12-6-3-5-11(9-12)22-2/h3,5-6,9,19H,4,7-8,10H2,1-2H3,(H,17,20). The third-order valence-corrected chi connectivity index (χ3v) is 3.42. The van der Waals surface area contributed by atoms with E-state index >= 15 is 0 Å². The highest BCUT2D eigenvalue weighted by Crippen LogP contribution is 2.19. The minimum Gasteiger partial charge on any atom is -0.503 e. The average Bonchev–Trinajstić information content (AvgIpc) is 2.82. The number of nitrogens with zero attached hydrogens (tertiary/aromatic N) is 1. The van der Waals surface area contributed by atoms with Crippen LogP contribution in [0.1, 0.15) is 6.42 Å². The molecule has 2 amide bonds. The second kappa shape index (κ2) is 7.53. The summed E-state index contributed by atoms with van der Waals surface area (Å²) in [6.45, 7) is 0.936. The largest absolute Gasteiger partial charge is 0.503 e. The second-order valence-electron chi connectivity index (χ2n) is 5.13. The molecule has 7 heteroatoms. The first-order valence-electron chi connectivity index (χ1n) is 7.25. The van der Waals surface area contributed by atoms with E-state index in [1.165, 1.54) is 11.9 Å². The van der Waals surface area contributed by atoms with Crippen LogP contribution in [-0.4, -0.2) is 55.7 Å². The molecule has 1 aliphatic rings. The van der Waals surface area contributed by atoms with Crippen LogP contribution in [0.5, 0.6) is 11.5 Å². The molecular weight excluding hydrogens is 300 g/mol. The minimum atomic E-state index is -0.531. The van der Waals surface area contributed by atoms with Crippen molar-refractivity contribution < 1.29 is 24.2 Å². The zero-order chi connectivity index (χ0) is 16.8. The molecule has 1 aromatic carbocycles. The maximum Gasteiger partial charge on any atom is 0.289 e. The van der Waals surface area contributed by atoms with Gasteiger partial charge in [-0.25, -0.2) is 0 Å². The van der Waals surface area contributed by atoms with E-state index in [-0.39, 0.29) is 12.1 Å². The molecule has 0 unspecified atom stereocenters. The lowest BCUT2D eigenvalue weighted by Crippen LogP contribution is -2.29. The Morgan fingerprint density at radius 1 is 1.39 bits per heavy atom. The Kier molecular flexibility index (Phi) is 5.46. The van der Waals surface area contributed by atoms with Crippen molar-refractivity contribution in [1.82, 2.24) is 10.2 Å². The van der Waals surface area contributed by atoms with Gasteiger partial charge in [0.15, 0.2) is 5.76 Å². The Morgan fingerprint density at radius 3 is 2.78 bits per heavy atom. The first-order chi connectivity index (χ1) is 11.0. The monoisotopic (exact) mass is 320 g/mol. The molecule has 1 aromatic rings. The van der Waals surface area contributed by atoms with E-state index in [1.807, 2.05) is 18.2 Å². The highest BCUT2D eigenvalue weighted by Gasteiger charge is 2.31. The number of ether oxygens (including phenoxy) is 2. The minimum absolute atomic E-state index is 0.103. The van der Waals surface area contributed by atoms with E-state index < -0.39 is 17.6 Å². The second-order valence-corrected chi connectivity index (χ2v) is 5.13. The molecule has 7 nitrogen and oxygen atoms in total. The van der Waals surface area contributed by atoms with Gasteiger partial charge in [0.05, 0.1) is 25.8 Å². The summed E-state index contributed by atoms with van der Waals surface area (Å²) in [5.41, 5.74) is 0.103. The number of carbonyl (C=O) groups excluding carboxylic acids is 2. The quantitative estimate of drug-likeness (QED) is 0.728. The first kappa shape index (κ1) is 16.7. The summed E-state index contributed by atoms with van der Waals surface area (Å²) in [7, 11) is 3.12. The number of hydrogen-bond acceptors (Lipinski definition) is 5. The zero-order valence-electron chi connectivity index (χ0n) is 13.2. The van der Waals surface area contributed by atoms with Crippen molar-refractivity contribution in [3.8, 4) is 11.5 Å². The Bertz CT molecular complexity index is 627. The summed E-state index contributed by atoms with van der Waals surface area (Å²) in [4.78, 5) is 24.6. The maximum absolute atomic E-state index is 11.9. The number of nitrogens with one attached hydrogen (secondary N) is 1. The molecular formula is C16H20N2O5. The van der Waals surface area contributed by atoms with Crippen LogP contribution in [0.3, 0.4) is 0 Å². The molecule has 0 radical (unpaired) electrons. The number of aliphatic hydroxyl groups excluding tert-OH is 1. The van der Waals surface area contributed by atoms with Gasteiger partial charge in [0, 0.05) is 19.7 Å². The topological polar surface area (TPSA) is 88.1 Å². The lowest BCUT2D eigenvalue weighted by atomic mass is 10.2. The van der Waals surface area contributed by atoms with Crippen LogP contribution >= 0.6 is 0 Å². The lowest BCUT2D eigenvalue weighted by Gasteiger charge is -2.09. The van der Waals surface area contributed by atoms with E-state index in [0.717, 1.165) is 0 Å². The van der Waals surface area contributed by atoms with Crippen LogP contribution in [0, 0.1) is 0 Å². The van der Waals surface area contributed by atoms with Gasteiger partial charge >= 0.3 is 0 Å². The first-order valence-corrected chi connectivity index (χ1v) is 7.25. The number of carbonyl (C=O) groups is 2. The molecule has 2 N–H and O–H groups in total. The third kappa shape index (κ3) is 4.15. The molecule has 124 valence electrons. The van der Waals surface area contributed by atoms with Gasteiger partial charge < -0.3 is 24.8 Å². The number of amides is 2. The third-order valence-electron chi connectivity index (χ3n) is 3.42.